The second-order valence-electron chi connectivity index (χ2n) is 5.15. The average Bonchev–Trinajstić information content (AvgIpc) is 2.44. The van der Waals surface area contributed by atoms with Gasteiger partial charge in [-0.25, -0.2) is 0 Å². The summed E-state index contributed by atoms with van der Waals surface area (Å²) in [4.78, 5) is 25.9. The van der Waals surface area contributed by atoms with Crippen molar-refractivity contribution in [3.05, 3.63) is 35.9 Å². The minimum Gasteiger partial charge on any atom is -0.314 e. The molecule has 3 N–H and O–H groups in total. The van der Waals surface area contributed by atoms with E-state index in [-0.39, 0.29) is 11.8 Å². The fourth-order valence-electron chi connectivity index (χ4n) is 2.22. The van der Waals surface area contributed by atoms with Gasteiger partial charge in [0.15, 0.2) is 0 Å². The summed E-state index contributed by atoms with van der Waals surface area (Å²) in [5.74, 6) is -0.504. The molecule has 0 aromatic heterocycles. The number of nitrogens with zero attached hydrogens (tertiary/aromatic N) is 1. The molecule has 1 aromatic carbocycles. The molecule has 6 heteroatoms. The Morgan fingerprint density at radius 2 is 1.95 bits per heavy atom. The molecule has 1 heterocycles. The fourth-order valence-corrected chi connectivity index (χ4v) is 2.22. The van der Waals surface area contributed by atoms with E-state index in [0.717, 1.165) is 26.1 Å². The first-order valence-electron chi connectivity index (χ1n) is 7.29. The lowest BCUT2D eigenvalue weighted by molar-refractivity contribution is -0.123. The van der Waals surface area contributed by atoms with Crippen molar-refractivity contribution in [2.45, 2.75) is 19.4 Å². The van der Waals surface area contributed by atoms with Gasteiger partial charge in [-0.05, 0) is 25.1 Å². The number of hydrogen-bond donors (Lipinski definition) is 3. The van der Waals surface area contributed by atoms with Crippen molar-refractivity contribution in [1.82, 2.24) is 21.1 Å². The van der Waals surface area contributed by atoms with E-state index in [1.807, 2.05) is 6.07 Å². The average molecular weight is 290 g/mol. The summed E-state index contributed by atoms with van der Waals surface area (Å²) in [6, 6.07) is 9.22. The highest BCUT2D eigenvalue weighted by atomic mass is 16.2. The van der Waals surface area contributed by atoms with Gasteiger partial charge in [0.05, 0.1) is 6.54 Å². The van der Waals surface area contributed by atoms with Gasteiger partial charge in [-0.1, -0.05) is 25.1 Å². The van der Waals surface area contributed by atoms with Gasteiger partial charge in [0.25, 0.3) is 11.8 Å². The molecule has 2 amide bonds. The van der Waals surface area contributed by atoms with Crippen LogP contribution in [0.15, 0.2) is 30.3 Å². The van der Waals surface area contributed by atoms with Crippen molar-refractivity contribution in [2.24, 2.45) is 0 Å². The van der Waals surface area contributed by atoms with Crippen molar-refractivity contribution in [3.63, 3.8) is 0 Å². The third-order valence-corrected chi connectivity index (χ3v) is 3.49. The van der Waals surface area contributed by atoms with Crippen LogP contribution >= 0.6 is 0 Å². The Kier molecular flexibility index (Phi) is 5.71. The van der Waals surface area contributed by atoms with Gasteiger partial charge < -0.3 is 5.32 Å². The molecular weight excluding hydrogens is 268 g/mol. The van der Waals surface area contributed by atoms with Crippen LogP contribution < -0.4 is 16.2 Å². The lowest BCUT2D eigenvalue weighted by atomic mass is 10.1. The predicted octanol–water partition coefficient (Wildman–Crippen LogP) is 0.131. The van der Waals surface area contributed by atoms with E-state index in [2.05, 4.69) is 28.0 Å². The highest BCUT2D eigenvalue weighted by Gasteiger charge is 2.25. The maximum absolute atomic E-state index is 11.9. The van der Waals surface area contributed by atoms with E-state index in [1.54, 1.807) is 24.3 Å². The molecular formula is C15H22N4O2. The van der Waals surface area contributed by atoms with Crippen LogP contribution in [0.4, 0.5) is 0 Å². The maximum atomic E-state index is 11.9. The van der Waals surface area contributed by atoms with Crippen molar-refractivity contribution in [2.75, 3.05) is 26.2 Å². The largest absolute Gasteiger partial charge is 0.314 e. The number of hydrazine groups is 1. The third-order valence-electron chi connectivity index (χ3n) is 3.49. The third kappa shape index (κ3) is 4.54. The molecule has 1 aliphatic heterocycles. The van der Waals surface area contributed by atoms with Crippen LogP contribution in [0.5, 0.6) is 0 Å². The molecule has 0 unspecified atom stereocenters. The number of nitrogens with one attached hydrogen (secondary N) is 3. The molecule has 2 rings (SSSR count). The smallest absolute Gasteiger partial charge is 0.269 e. The number of carbonyl (C=O) groups is 2. The Balaban J connectivity index is 1.77. The maximum Gasteiger partial charge on any atom is 0.269 e. The summed E-state index contributed by atoms with van der Waals surface area (Å²) < 4.78 is 0. The first kappa shape index (κ1) is 15.5. The number of carbonyl (C=O) groups excluding carboxylic acids is 2. The molecule has 0 saturated carbocycles. The van der Waals surface area contributed by atoms with Crippen LogP contribution in [0.25, 0.3) is 0 Å². The molecule has 0 bridgehead atoms. The Morgan fingerprint density at radius 3 is 2.52 bits per heavy atom. The summed E-state index contributed by atoms with van der Waals surface area (Å²) >= 11 is 0. The summed E-state index contributed by atoms with van der Waals surface area (Å²) in [7, 11) is 0. The van der Waals surface area contributed by atoms with Gasteiger partial charge in [-0.15, -0.1) is 0 Å². The van der Waals surface area contributed by atoms with E-state index >= 15 is 0 Å². The quantitative estimate of drug-likeness (QED) is 0.651. The lowest BCUT2D eigenvalue weighted by Crippen LogP contribution is -2.59. The van der Waals surface area contributed by atoms with E-state index in [0.29, 0.717) is 18.2 Å². The van der Waals surface area contributed by atoms with Crippen LogP contribution in [0.3, 0.4) is 0 Å². The van der Waals surface area contributed by atoms with Gasteiger partial charge in [-0.3, -0.25) is 25.3 Å². The second-order valence-corrected chi connectivity index (χ2v) is 5.15. The minimum absolute atomic E-state index is 0.195. The predicted molar refractivity (Wildman–Crippen MR) is 80.6 cm³/mol. The summed E-state index contributed by atoms with van der Waals surface area (Å²) in [6.45, 7) is 5.11. The number of rotatable bonds is 6. The number of hydrogen-bond acceptors (Lipinski definition) is 4. The Morgan fingerprint density at radius 1 is 1.24 bits per heavy atom. The molecule has 1 saturated heterocycles. The van der Waals surface area contributed by atoms with Crippen molar-refractivity contribution in [3.8, 4) is 0 Å². The Bertz CT molecular complexity index is 474. The minimum atomic E-state index is -0.309. The van der Waals surface area contributed by atoms with Crippen molar-refractivity contribution < 1.29 is 9.59 Å². The van der Waals surface area contributed by atoms with Gasteiger partial charge in [0, 0.05) is 24.7 Å². The zero-order valence-electron chi connectivity index (χ0n) is 12.3. The first-order valence-corrected chi connectivity index (χ1v) is 7.29. The van der Waals surface area contributed by atoms with Crippen molar-refractivity contribution >= 4 is 11.8 Å². The standard InChI is InChI=1S/C15H22N4O2/c1-2-8-19(13-9-16-10-13)11-14(20)17-18-15(21)12-6-4-3-5-7-12/h3-7,13,16H,2,8-11H2,1H3,(H,17,20)(H,18,21). The van der Waals surface area contributed by atoms with Gasteiger partial charge in [0.2, 0.25) is 0 Å². The molecule has 0 spiro atoms. The number of amides is 2. The van der Waals surface area contributed by atoms with Crippen LogP contribution in [0.2, 0.25) is 0 Å². The van der Waals surface area contributed by atoms with E-state index in [4.69, 9.17) is 0 Å². The molecule has 0 radical (unpaired) electrons. The zero-order valence-corrected chi connectivity index (χ0v) is 12.3. The molecule has 0 aliphatic carbocycles. The summed E-state index contributed by atoms with van der Waals surface area (Å²) in [5, 5.41) is 3.20. The molecule has 1 aromatic rings. The van der Waals surface area contributed by atoms with E-state index in [9.17, 15) is 9.59 Å². The highest BCUT2D eigenvalue weighted by molar-refractivity contribution is 5.95. The fraction of sp³-hybridized carbons (Fsp3) is 0.467. The van der Waals surface area contributed by atoms with Crippen LogP contribution in [0.1, 0.15) is 23.7 Å². The topological polar surface area (TPSA) is 73.5 Å². The summed E-state index contributed by atoms with van der Waals surface area (Å²) in [5.41, 5.74) is 5.43. The molecule has 21 heavy (non-hydrogen) atoms. The second kappa shape index (κ2) is 7.75. The van der Waals surface area contributed by atoms with Crippen LogP contribution in [-0.2, 0) is 4.79 Å². The molecule has 1 fully saturated rings. The van der Waals surface area contributed by atoms with Crippen molar-refractivity contribution in [1.29, 1.82) is 0 Å². The Hall–Kier alpha value is -1.92. The highest BCUT2D eigenvalue weighted by Crippen LogP contribution is 2.05. The zero-order chi connectivity index (χ0) is 15.1. The summed E-state index contributed by atoms with van der Waals surface area (Å²) in [6.07, 6.45) is 1.00. The Labute approximate surface area is 124 Å². The van der Waals surface area contributed by atoms with E-state index < -0.39 is 0 Å². The van der Waals surface area contributed by atoms with Crippen LogP contribution in [0, 0.1) is 0 Å². The normalized spacial score (nSPS) is 14.6. The molecule has 1 aliphatic rings. The van der Waals surface area contributed by atoms with Crippen LogP contribution in [-0.4, -0.2) is 48.9 Å². The first-order chi connectivity index (χ1) is 10.2. The van der Waals surface area contributed by atoms with Gasteiger partial charge in [-0.2, -0.15) is 0 Å². The van der Waals surface area contributed by atoms with E-state index in [1.165, 1.54) is 0 Å². The molecule has 0 atom stereocenters. The number of benzene rings is 1. The lowest BCUT2D eigenvalue weighted by Gasteiger charge is -2.37. The molecule has 114 valence electrons. The molecule has 6 nitrogen and oxygen atoms in total. The van der Waals surface area contributed by atoms with Gasteiger partial charge in [0.1, 0.15) is 0 Å². The monoisotopic (exact) mass is 290 g/mol. The van der Waals surface area contributed by atoms with Gasteiger partial charge >= 0.3 is 0 Å². The SMILES string of the molecule is CCCN(CC(=O)NNC(=O)c1ccccc1)C1CNC1.